The number of rotatable bonds is 3. The van der Waals surface area contributed by atoms with E-state index in [2.05, 4.69) is 15.2 Å². The highest BCUT2D eigenvalue weighted by atomic mass is 32.2. The Hall–Kier alpha value is -0.990. The normalized spacial score (nSPS) is 10.6. The lowest BCUT2D eigenvalue weighted by atomic mass is 10.4. The molecule has 2 aromatic heterocycles. The molecule has 2 heterocycles. The van der Waals surface area contributed by atoms with Gasteiger partial charge in [0.15, 0.2) is 8.68 Å². The highest BCUT2D eigenvalue weighted by Gasteiger charge is 2.15. The smallest absolute Gasteiger partial charge is 0.347 e. The molecule has 84 valence electrons. The summed E-state index contributed by atoms with van der Waals surface area (Å²) in [5.74, 6) is -0.935. The molecule has 0 bridgehead atoms. The molecule has 0 saturated carbocycles. The van der Waals surface area contributed by atoms with E-state index in [0.29, 0.717) is 10.0 Å². The summed E-state index contributed by atoms with van der Waals surface area (Å²) in [7, 11) is 0. The molecule has 0 aromatic carbocycles. The van der Waals surface area contributed by atoms with E-state index in [1.54, 1.807) is 6.92 Å². The lowest BCUT2D eigenvalue weighted by Crippen LogP contribution is -1.94. The fraction of sp³-hybridized carbons (Fsp3) is 0.250. The summed E-state index contributed by atoms with van der Waals surface area (Å²) < 4.78 is 1.47. The van der Waals surface area contributed by atoms with Crippen LogP contribution in [0.15, 0.2) is 8.68 Å². The van der Waals surface area contributed by atoms with Gasteiger partial charge < -0.3 is 5.11 Å². The monoisotopic (exact) mass is 273 g/mol. The van der Waals surface area contributed by atoms with Crippen LogP contribution >= 0.6 is 34.4 Å². The van der Waals surface area contributed by atoms with Crippen LogP contribution in [-0.4, -0.2) is 26.3 Å². The second-order valence-electron chi connectivity index (χ2n) is 2.89. The highest BCUT2D eigenvalue weighted by Crippen LogP contribution is 2.34. The van der Waals surface area contributed by atoms with Crippen LogP contribution < -0.4 is 0 Å². The maximum absolute atomic E-state index is 10.8. The summed E-state index contributed by atoms with van der Waals surface area (Å²) in [6, 6.07) is 0. The van der Waals surface area contributed by atoms with Crippen LogP contribution in [0.25, 0.3) is 0 Å². The predicted molar refractivity (Wildman–Crippen MR) is 62.6 cm³/mol. The Balaban J connectivity index is 2.22. The van der Waals surface area contributed by atoms with E-state index in [1.807, 2.05) is 6.92 Å². The number of hydrogen-bond donors (Lipinski definition) is 1. The zero-order valence-corrected chi connectivity index (χ0v) is 10.9. The van der Waals surface area contributed by atoms with Crippen molar-refractivity contribution < 1.29 is 9.90 Å². The summed E-state index contributed by atoms with van der Waals surface area (Å²) in [6.45, 7) is 3.56. The lowest BCUT2D eigenvalue weighted by molar-refractivity contribution is 0.0701. The first kappa shape index (κ1) is 11.5. The van der Waals surface area contributed by atoms with Gasteiger partial charge in [0.25, 0.3) is 0 Å². The molecule has 0 spiro atoms. The molecule has 0 aliphatic rings. The number of carbonyl (C=O) groups is 1. The zero-order chi connectivity index (χ0) is 11.7. The van der Waals surface area contributed by atoms with Crippen LogP contribution in [0.4, 0.5) is 0 Å². The quantitative estimate of drug-likeness (QED) is 0.925. The van der Waals surface area contributed by atoms with E-state index in [1.165, 1.54) is 23.1 Å². The van der Waals surface area contributed by atoms with Gasteiger partial charge in [0.05, 0.1) is 5.69 Å². The highest BCUT2D eigenvalue weighted by molar-refractivity contribution is 8.02. The van der Waals surface area contributed by atoms with E-state index in [4.69, 9.17) is 5.11 Å². The molecule has 0 saturated heterocycles. The molecule has 1 N–H and O–H groups in total. The fourth-order valence-corrected chi connectivity index (χ4v) is 4.05. The number of aromatic carboxylic acids is 1. The molecule has 0 aliphatic heterocycles. The van der Waals surface area contributed by atoms with E-state index >= 15 is 0 Å². The topological polar surface area (TPSA) is 76.0 Å². The predicted octanol–water partition coefficient (Wildman–Crippen LogP) is 2.46. The average Bonchev–Trinajstić information content (AvgIpc) is 2.73. The molecule has 16 heavy (non-hydrogen) atoms. The summed E-state index contributed by atoms with van der Waals surface area (Å²) in [6.07, 6.45) is 0. The summed E-state index contributed by atoms with van der Waals surface area (Å²) >= 11 is 3.98. The second kappa shape index (κ2) is 4.48. The molecule has 0 fully saturated rings. The Morgan fingerprint density at radius 1 is 1.25 bits per heavy atom. The third kappa shape index (κ3) is 2.39. The molecule has 0 radical (unpaired) electrons. The number of nitrogens with zero attached hydrogens (tertiary/aromatic N) is 3. The SMILES string of the molecule is Cc1nnc(Sc2nc(C)c(C(=O)O)s2)s1. The first-order valence-electron chi connectivity index (χ1n) is 4.25. The van der Waals surface area contributed by atoms with E-state index in [9.17, 15) is 4.79 Å². The van der Waals surface area contributed by atoms with E-state index in [-0.39, 0.29) is 4.88 Å². The van der Waals surface area contributed by atoms with Crippen molar-refractivity contribution in [2.24, 2.45) is 0 Å². The first-order valence-corrected chi connectivity index (χ1v) is 6.70. The van der Waals surface area contributed by atoms with Gasteiger partial charge in [-0.15, -0.1) is 10.2 Å². The van der Waals surface area contributed by atoms with Gasteiger partial charge in [-0.1, -0.05) is 22.7 Å². The average molecular weight is 273 g/mol. The van der Waals surface area contributed by atoms with Gasteiger partial charge >= 0.3 is 5.97 Å². The maximum atomic E-state index is 10.8. The van der Waals surface area contributed by atoms with Crippen LogP contribution in [0.5, 0.6) is 0 Å². The lowest BCUT2D eigenvalue weighted by Gasteiger charge is -1.86. The molecular formula is C8H7N3O2S3. The molecule has 2 aromatic rings. The Bertz CT molecular complexity index is 534. The van der Waals surface area contributed by atoms with Gasteiger partial charge in [-0.3, -0.25) is 0 Å². The van der Waals surface area contributed by atoms with Crippen LogP contribution in [-0.2, 0) is 0 Å². The minimum atomic E-state index is -0.935. The van der Waals surface area contributed by atoms with Crippen molar-refractivity contribution in [3.8, 4) is 0 Å². The maximum Gasteiger partial charge on any atom is 0.347 e. The minimum absolute atomic E-state index is 0.281. The fourth-order valence-electron chi connectivity index (χ4n) is 1.01. The molecule has 0 aliphatic carbocycles. The van der Waals surface area contributed by atoms with Crippen molar-refractivity contribution in [1.82, 2.24) is 15.2 Å². The van der Waals surface area contributed by atoms with E-state index < -0.39 is 5.97 Å². The van der Waals surface area contributed by atoms with Crippen LogP contribution in [0.1, 0.15) is 20.4 Å². The molecular weight excluding hydrogens is 266 g/mol. The van der Waals surface area contributed by atoms with Crippen LogP contribution in [0, 0.1) is 13.8 Å². The molecule has 0 amide bonds. The summed E-state index contributed by atoms with van der Waals surface area (Å²) in [5, 5.41) is 17.6. The largest absolute Gasteiger partial charge is 0.477 e. The standard InChI is InChI=1S/C8H7N3O2S3/c1-3-5(6(12)13)15-7(9-3)16-8-11-10-4(2)14-8/h1-2H3,(H,12,13). The number of carboxylic acid groups (broad SMARTS) is 1. The van der Waals surface area contributed by atoms with Gasteiger partial charge in [-0.25, -0.2) is 9.78 Å². The van der Waals surface area contributed by atoms with E-state index in [0.717, 1.165) is 20.7 Å². The molecule has 5 nitrogen and oxygen atoms in total. The van der Waals surface area contributed by atoms with Crippen LogP contribution in [0.2, 0.25) is 0 Å². The van der Waals surface area contributed by atoms with Crippen molar-refractivity contribution in [2.45, 2.75) is 22.5 Å². The number of hydrogen-bond acceptors (Lipinski definition) is 7. The van der Waals surface area contributed by atoms with Gasteiger partial charge in [0.2, 0.25) is 0 Å². The Morgan fingerprint density at radius 3 is 2.50 bits per heavy atom. The number of aromatic nitrogens is 3. The number of thiazole rings is 1. The summed E-state index contributed by atoms with van der Waals surface area (Å²) in [5.41, 5.74) is 0.543. The van der Waals surface area contributed by atoms with Crippen molar-refractivity contribution in [3.05, 3.63) is 15.6 Å². The van der Waals surface area contributed by atoms with Gasteiger partial charge in [-0.2, -0.15) is 0 Å². The third-order valence-electron chi connectivity index (χ3n) is 1.65. The van der Waals surface area contributed by atoms with Crippen molar-refractivity contribution in [3.63, 3.8) is 0 Å². The Labute approximate surface area is 104 Å². The Morgan fingerprint density at radius 2 is 2.00 bits per heavy atom. The zero-order valence-electron chi connectivity index (χ0n) is 8.42. The first-order chi connectivity index (χ1) is 7.56. The Kier molecular flexibility index (Phi) is 3.22. The molecule has 0 atom stereocenters. The molecule has 0 unspecified atom stereocenters. The number of aryl methyl sites for hydroxylation is 2. The summed E-state index contributed by atoms with van der Waals surface area (Å²) in [4.78, 5) is 15.3. The van der Waals surface area contributed by atoms with Gasteiger partial charge in [0.1, 0.15) is 9.88 Å². The second-order valence-corrected chi connectivity index (χ2v) is 6.56. The van der Waals surface area contributed by atoms with Crippen molar-refractivity contribution in [1.29, 1.82) is 0 Å². The molecule has 2 rings (SSSR count). The molecule has 8 heteroatoms. The van der Waals surface area contributed by atoms with Gasteiger partial charge in [-0.05, 0) is 25.6 Å². The van der Waals surface area contributed by atoms with Crippen molar-refractivity contribution in [2.75, 3.05) is 0 Å². The third-order valence-corrected chi connectivity index (χ3v) is 4.75. The minimum Gasteiger partial charge on any atom is -0.477 e. The van der Waals surface area contributed by atoms with Gasteiger partial charge in [0, 0.05) is 0 Å². The number of carboxylic acids is 1. The van der Waals surface area contributed by atoms with Crippen LogP contribution in [0.3, 0.4) is 0 Å². The van der Waals surface area contributed by atoms with Crippen molar-refractivity contribution >= 4 is 40.4 Å².